The fourth-order valence-corrected chi connectivity index (χ4v) is 2.17. The van der Waals surface area contributed by atoms with E-state index >= 15 is 0 Å². The Bertz CT molecular complexity index is 768. The molecular formula is C15H12BrN3O2. The Morgan fingerprint density at radius 1 is 1.19 bits per heavy atom. The Morgan fingerprint density at radius 2 is 1.95 bits per heavy atom. The molecular weight excluding hydrogens is 334 g/mol. The molecule has 1 amide bonds. The number of amides is 1. The Hall–Kier alpha value is -2.34. The molecule has 0 atom stereocenters. The number of aromatic nitrogens is 2. The number of halogens is 1. The van der Waals surface area contributed by atoms with Gasteiger partial charge >= 0.3 is 0 Å². The van der Waals surface area contributed by atoms with Gasteiger partial charge in [-0.05, 0) is 36.4 Å². The smallest absolute Gasteiger partial charge is 0.263 e. The zero-order chi connectivity index (χ0) is 14.7. The quantitative estimate of drug-likeness (QED) is 0.761. The van der Waals surface area contributed by atoms with Gasteiger partial charge in [-0.1, -0.05) is 28.1 Å². The molecule has 0 saturated heterocycles. The lowest BCUT2D eigenvalue weighted by atomic mass is 10.2. The number of carbonyl (C=O) groups excluding carboxylic acids is 1. The summed E-state index contributed by atoms with van der Waals surface area (Å²) in [5.74, 6) is 0.894. The molecule has 3 aromatic rings. The largest absolute Gasteiger partial charge is 0.484 e. The van der Waals surface area contributed by atoms with E-state index in [2.05, 4.69) is 31.4 Å². The molecule has 0 fully saturated rings. The van der Waals surface area contributed by atoms with Gasteiger partial charge in [0, 0.05) is 9.86 Å². The Labute approximate surface area is 129 Å². The molecule has 0 radical (unpaired) electrons. The van der Waals surface area contributed by atoms with Crippen LogP contribution in [0.25, 0.3) is 10.9 Å². The van der Waals surface area contributed by atoms with Gasteiger partial charge in [0.05, 0.1) is 5.52 Å². The number of carbonyl (C=O) groups is 1. The normalized spacial score (nSPS) is 10.5. The molecule has 6 heteroatoms. The minimum absolute atomic E-state index is 0.0666. The highest BCUT2D eigenvalue weighted by Crippen LogP contribution is 2.19. The zero-order valence-corrected chi connectivity index (χ0v) is 12.6. The second kappa shape index (κ2) is 5.97. The van der Waals surface area contributed by atoms with Crippen LogP contribution in [0.1, 0.15) is 0 Å². The third kappa shape index (κ3) is 3.22. The van der Waals surface area contributed by atoms with Crippen LogP contribution in [0, 0.1) is 0 Å². The van der Waals surface area contributed by atoms with E-state index in [9.17, 15) is 4.79 Å². The summed E-state index contributed by atoms with van der Waals surface area (Å²) in [4.78, 5) is 11.9. The number of rotatable bonds is 4. The lowest BCUT2D eigenvalue weighted by Crippen LogP contribution is -2.20. The van der Waals surface area contributed by atoms with Crippen molar-refractivity contribution >= 4 is 38.6 Å². The molecule has 2 N–H and O–H groups in total. The van der Waals surface area contributed by atoms with Crippen molar-refractivity contribution in [3.63, 3.8) is 0 Å². The summed E-state index contributed by atoms with van der Waals surface area (Å²) >= 11 is 3.34. The van der Waals surface area contributed by atoms with E-state index in [-0.39, 0.29) is 12.5 Å². The van der Waals surface area contributed by atoms with Crippen molar-refractivity contribution in [2.24, 2.45) is 0 Å². The van der Waals surface area contributed by atoms with Crippen molar-refractivity contribution in [2.45, 2.75) is 0 Å². The predicted octanol–water partition coefficient (Wildman–Crippen LogP) is 3.34. The SMILES string of the molecule is O=C(COc1ccc(Br)cc1)Nc1n[nH]c2ccccc12. The number of nitrogens with zero attached hydrogens (tertiary/aromatic N) is 1. The first-order chi connectivity index (χ1) is 10.2. The molecule has 1 aromatic heterocycles. The summed E-state index contributed by atoms with van der Waals surface area (Å²) in [5.41, 5.74) is 0.877. The monoisotopic (exact) mass is 345 g/mol. The van der Waals surface area contributed by atoms with Crippen LogP contribution in [-0.2, 0) is 4.79 Å². The maximum absolute atomic E-state index is 11.9. The van der Waals surface area contributed by atoms with Crippen molar-refractivity contribution in [1.29, 1.82) is 0 Å². The number of para-hydroxylation sites is 1. The first-order valence-corrected chi connectivity index (χ1v) is 7.13. The van der Waals surface area contributed by atoms with E-state index in [1.54, 1.807) is 12.1 Å². The van der Waals surface area contributed by atoms with Crippen LogP contribution >= 0.6 is 15.9 Å². The van der Waals surface area contributed by atoms with Gasteiger partial charge in [-0.2, -0.15) is 5.10 Å². The first kappa shape index (κ1) is 13.6. The second-order valence-corrected chi connectivity index (χ2v) is 5.32. The van der Waals surface area contributed by atoms with Crippen molar-refractivity contribution in [2.75, 3.05) is 11.9 Å². The molecule has 1 heterocycles. The molecule has 0 aliphatic heterocycles. The average Bonchev–Trinajstić information content (AvgIpc) is 2.90. The number of aromatic amines is 1. The molecule has 2 aromatic carbocycles. The number of ether oxygens (including phenoxy) is 1. The van der Waals surface area contributed by atoms with Crippen LogP contribution in [-0.4, -0.2) is 22.7 Å². The summed E-state index contributed by atoms with van der Waals surface area (Å²) < 4.78 is 6.37. The van der Waals surface area contributed by atoms with E-state index in [1.807, 2.05) is 36.4 Å². The molecule has 3 rings (SSSR count). The number of hydrogen-bond acceptors (Lipinski definition) is 3. The summed E-state index contributed by atoms with van der Waals surface area (Å²) in [5, 5.41) is 10.5. The van der Waals surface area contributed by atoms with E-state index in [0.717, 1.165) is 15.4 Å². The Kier molecular flexibility index (Phi) is 3.87. The first-order valence-electron chi connectivity index (χ1n) is 6.34. The lowest BCUT2D eigenvalue weighted by molar-refractivity contribution is -0.118. The van der Waals surface area contributed by atoms with Crippen molar-refractivity contribution in [1.82, 2.24) is 10.2 Å². The number of benzene rings is 2. The average molecular weight is 346 g/mol. The van der Waals surface area contributed by atoms with Crippen LogP contribution in [0.4, 0.5) is 5.82 Å². The highest BCUT2D eigenvalue weighted by atomic mass is 79.9. The summed E-state index contributed by atoms with van der Waals surface area (Å²) in [6.07, 6.45) is 0. The van der Waals surface area contributed by atoms with Crippen molar-refractivity contribution < 1.29 is 9.53 Å². The number of H-pyrrole nitrogens is 1. The topological polar surface area (TPSA) is 67.0 Å². The maximum atomic E-state index is 11.9. The van der Waals surface area contributed by atoms with Gasteiger partial charge in [-0.25, -0.2) is 0 Å². The van der Waals surface area contributed by atoms with Crippen LogP contribution in [0.15, 0.2) is 53.0 Å². The Balaban J connectivity index is 1.62. The molecule has 0 aliphatic rings. The molecule has 0 bridgehead atoms. The van der Waals surface area contributed by atoms with Gasteiger partial charge < -0.3 is 10.1 Å². The zero-order valence-electron chi connectivity index (χ0n) is 11.0. The number of nitrogens with one attached hydrogen (secondary N) is 2. The molecule has 21 heavy (non-hydrogen) atoms. The summed E-state index contributed by atoms with van der Waals surface area (Å²) in [7, 11) is 0. The van der Waals surface area contributed by atoms with Crippen LogP contribution in [0.3, 0.4) is 0 Å². The van der Waals surface area contributed by atoms with E-state index in [0.29, 0.717) is 11.6 Å². The predicted molar refractivity (Wildman–Crippen MR) is 84.4 cm³/mol. The third-order valence-electron chi connectivity index (χ3n) is 2.91. The summed E-state index contributed by atoms with van der Waals surface area (Å²) in [6.45, 7) is -0.0666. The Morgan fingerprint density at radius 3 is 2.76 bits per heavy atom. The molecule has 5 nitrogen and oxygen atoms in total. The molecule has 0 saturated carbocycles. The van der Waals surface area contributed by atoms with Crippen molar-refractivity contribution in [3.8, 4) is 5.75 Å². The van der Waals surface area contributed by atoms with Gasteiger partial charge in [-0.3, -0.25) is 9.89 Å². The van der Waals surface area contributed by atoms with Gasteiger partial charge in [0.25, 0.3) is 5.91 Å². The van der Waals surface area contributed by atoms with Gasteiger partial charge in [0.15, 0.2) is 12.4 Å². The third-order valence-corrected chi connectivity index (χ3v) is 3.44. The van der Waals surface area contributed by atoms with Gasteiger partial charge in [0.2, 0.25) is 0 Å². The summed E-state index contributed by atoms with van der Waals surface area (Å²) in [6, 6.07) is 14.9. The molecule has 0 unspecified atom stereocenters. The lowest BCUT2D eigenvalue weighted by Gasteiger charge is -2.06. The van der Waals surface area contributed by atoms with Gasteiger partial charge in [-0.15, -0.1) is 0 Å². The number of fused-ring (bicyclic) bond motifs is 1. The highest BCUT2D eigenvalue weighted by Gasteiger charge is 2.09. The minimum atomic E-state index is -0.254. The maximum Gasteiger partial charge on any atom is 0.263 e. The van der Waals surface area contributed by atoms with E-state index in [4.69, 9.17) is 4.74 Å². The molecule has 106 valence electrons. The van der Waals surface area contributed by atoms with Gasteiger partial charge in [0.1, 0.15) is 5.75 Å². The fraction of sp³-hybridized carbons (Fsp3) is 0.0667. The fourth-order valence-electron chi connectivity index (χ4n) is 1.91. The highest BCUT2D eigenvalue weighted by molar-refractivity contribution is 9.10. The van der Waals surface area contributed by atoms with Crippen molar-refractivity contribution in [3.05, 3.63) is 53.0 Å². The van der Waals surface area contributed by atoms with Crippen LogP contribution in [0.5, 0.6) is 5.75 Å². The number of hydrogen-bond donors (Lipinski definition) is 2. The second-order valence-electron chi connectivity index (χ2n) is 4.41. The van der Waals surface area contributed by atoms with Crippen LogP contribution < -0.4 is 10.1 Å². The standard InChI is InChI=1S/C15H12BrN3O2/c16-10-5-7-11(8-6-10)21-9-14(20)17-15-12-3-1-2-4-13(12)18-19-15/h1-8H,9H2,(H2,17,18,19,20). The molecule has 0 aliphatic carbocycles. The number of anilines is 1. The minimum Gasteiger partial charge on any atom is -0.484 e. The van der Waals surface area contributed by atoms with E-state index < -0.39 is 0 Å². The molecule has 0 spiro atoms. The van der Waals surface area contributed by atoms with Crippen LogP contribution in [0.2, 0.25) is 0 Å². The van der Waals surface area contributed by atoms with E-state index in [1.165, 1.54) is 0 Å².